The third-order valence-electron chi connectivity index (χ3n) is 2.81. The zero-order valence-electron chi connectivity index (χ0n) is 11.1. The topological polar surface area (TPSA) is 45.6 Å². The lowest BCUT2D eigenvalue weighted by molar-refractivity contribution is 0.182. The van der Waals surface area contributed by atoms with Gasteiger partial charge < -0.3 is 14.7 Å². The lowest BCUT2D eigenvalue weighted by Crippen LogP contribution is -2.36. The Hall–Kier alpha value is -1.13. The van der Waals surface area contributed by atoms with Crippen molar-refractivity contribution in [2.45, 2.75) is 32.9 Å². The van der Waals surface area contributed by atoms with Gasteiger partial charge in [0, 0.05) is 19.7 Å². The normalized spacial score (nSPS) is 14.4. The smallest absolute Gasteiger partial charge is 0.0931 e. The van der Waals surface area contributed by atoms with Crippen LogP contribution in [0.1, 0.15) is 32.6 Å². The summed E-state index contributed by atoms with van der Waals surface area (Å²) in [6.45, 7) is 7.53. The predicted octanol–water partition coefficient (Wildman–Crippen LogP) is 2.00. The molecule has 0 aliphatic rings. The van der Waals surface area contributed by atoms with Crippen molar-refractivity contribution < 1.29 is 9.84 Å². The van der Waals surface area contributed by atoms with E-state index in [9.17, 15) is 5.11 Å². The Balaban J connectivity index is 2.82. The molecule has 96 valence electrons. The monoisotopic (exact) mass is 238 g/mol. The van der Waals surface area contributed by atoms with E-state index in [1.807, 2.05) is 12.1 Å². The summed E-state index contributed by atoms with van der Waals surface area (Å²) in [5.41, 5.74) is 1.76. The molecule has 1 aromatic rings. The van der Waals surface area contributed by atoms with Gasteiger partial charge in [-0.05, 0) is 32.9 Å². The van der Waals surface area contributed by atoms with Gasteiger partial charge in [0.15, 0.2) is 0 Å². The number of hydrogen-bond acceptors (Lipinski definition) is 4. The maximum absolute atomic E-state index is 9.41. The summed E-state index contributed by atoms with van der Waals surface area (Å²) < 4.78 is 5.17. The minimum absolute atomic E-state index is 0.309. The molecule has 0 bridgehead atoms. The first-order valence-electron chi connectivity index (χ1n) is 5.99. The Labute approximate surface area is 103 Å². The van der Waals surface area contributed by atoms with Crippen molar-refractivity contribution in [2.24, 2.45) is 0 Å². The van der Waals surface area contributed by atoms with Crippen LogP contribution in [-0.4, -0.2) is 36.4 Å². The summed E-state index contributed by atoms with van der Waals surface area (Å²) in [7, 11) is 1.71. The molecule has 0 saturated heterocycles. The summed E-state index contributed by atoms with van der Waals surface area (Å²) in [4.78, 5) is 6.48. The number of likely N-dealkylation sites (N-methyl/N-ethyl adjacent to an activating group) is 1. The molecule has 0 saturated carbocycles. The van der Waals surface area contributed by atoms with Crippen molar-refractivity contribution in [3.05, 3.63) is 24.0 Å². The number of aliphatic hydroxyl groups is 1. The number of aliphatic hydroxyl groups excluding tert-OH is 1. The maximum Gasteiger partial charge on any atom is 0.0931 e. The molecule has 0 aromatic carbocycles. The lowest BCUT2D eigenvalue weighted by atomic mass is 10.2. The van der Waals surface area contributed by atoms with Gasteiger partial charge in [-0.1, -0.05) is 0 Å². The van der Waals surface area contributed by atoms with E-state index < -0.39 is 6.10 Å². The molecular formula is C13H22N2O2. The highest BCUT2D eigenvalue weighted by atomic mass is 16.5. The van der Waals surface area contributed by atoms with Crippen LogP contribution in [-0.2, 0) is 4.74 Å². The van der Waals surface area contributed by atoms with Crippen molar-refractivity contribution in [3.63, 3.8) is 0 Å². The van der Waals surface area contributed by atoms with E-state index in [4.69, 9.17) is 4.74 Å². The molecule has 4 heteroatoms. The van der Waals surface area contributed by atoms with Gasteiger partial charge in [-0.25, -0.2) is 0 Å². The van der Waals surface area contributed by atoms with Gasteiger partial charge in [-0.2, -0.15) is 0 Å². The van der Waals surface area contributed by atoms with E-state index in [0.29, 0.717) is 18.3 Å². The first-order chi connectivity index (χ1) is 8.10. The highest BCUT2D eigenvalue weighted by Crippen LogP contribution is 2.18. The van der Waals surface area contributed by atoms with Crippen LogP contribution in [0, 0.1) is 0 Å². The summed E-state index contributed by atoms with van der Waals surface area (Å²) in [6, 6.07) is 4.16. The van der Waals surface area contributed by atoms with E-state index in [2.05, 4.69) is 23.7 Å². The fourth-order valence-electron chi connectivity index (χ4n) is 1.89. The summed E-state index contributed by atoms with van der Waals surface area (Å²) in [6.07, 6.45) is 1.29. The molecule has 1 unspecified atom stereocenters. The Bertz CT molecular complexity index is 325. The molecule has 4 nitrogen and oxygen atoms in total. The molecule has 1 heterocycles. The SMILES string of the molecule is CCN(c1ccc([C@H](C)O)nc1)C(C)COC. The van der Waals surface area contributed by atoms with Gasteiger partial charge in [0.25, 0.3) is 0 Å². The van der Waals surface area contributed by atoms with Gasteiger partial charge in [0.1, 0.15) is 0 Å². The van der Waals surface area contributed by atoms with Crippen LogP contribution >= 0.6 is 0 Å². The lowest BCUT2D eigenvalue weighted by Gasteiger charge is -2.29. The van der Waals surface area contributed by atoms with Crippen LogP contribution in [0.4, 0.5) is 5.69 Å². The molecule has 17 heavy (non-hydrogen) atoms. The number of anilines is 1. The Morgan fingerprint density at radius 2 is 2.12 bits per heavy atom. The van der Waals surface area contributed by atoms with Gasteiger partial charge in [-0.15, -0.1) is 0 Å². The minimum atomic E-state index is -0.518. The van der Waals surface area contributed by atoms with Crippen molar-refractivity contribution in [3.8, 4) is 0 Å². The zero-order chi connectivity index (χ0) is 12.8. The predicted molar refractivity (Wildman–Crippen MR) is 69.2 cm³/mol. The molecule has 0 radical (unpaired) electrons. The average molecular weight is 238 g/mol. The van der Waals surface area contributed by atoms with Gasteiger partial charge >= 0.3 is 0 Å². The highest BCUT2D eigenvalue weighted by Gasteiger charge is 2.13. The molecule has 0 fully saturated rings. The van der Waals surface area contributed by atoms with E-state index in [0.717, 1.165) is 12.2 Å². The first kappa shape index (κ1) is 13.9. The molecule has 0 amide bonds. The number of hydrogen-bond donors (Lipinski definition) is 1. The van der Waals surface area contributed by atoms with E-state index >= 15 is 0 Å². The number of aromatic nitrogens is 1. The number of ether oxygens (including phenoxy) is 1. The molecule has 0 spiro atoms. The van der Waals surface area contributed by atoms with E-state index in [1.54, 1.807) is 20.2 Å². The zero-order valence-corrected chi connectivity index (χ0v) is 11.1. The summed E-state index contributed by atoms with van der Waals surface area (Å²) in [5.74, 6) is 0. The number of pyridine rings is 1. The van der Waals surface area contributed by atoms with Gasteiger partial charge in [-0.3, -0.25) is 4.98 Å². The number of rotatable bonds is 6. The number of methoxy groups -OCH3 is 1. The van der Waals surface area contributed by atoms with Crippen LogP contribution in [0.2, 0.25) is 0 Å². The Morgan fingerprint density at radius 1 is 1.41 bits per heavy atom. The van der Waals surface area contributed by atoms with E-state index in [1.165, 1.54) is 0 Å². The van der Waals surface area contributed by atoms with Crippen LogP contribution in [0.5, 0.6) is 0 Å². The standard InChI is InChI=1S/C13H22N2O2/c1-5-15(10(2)9-17-4)12-6-7-13(11(3)16)14-8-12/h6-8,10-11,16H,5,9H2,1-4H3/t10?,11-/m0/s1. The summed E-state index contributed by atoms with van der Waals surface area (Å²) in [5, 5.41) is 9.41. The molecule has 1 aromatic heterocycles. The largest absolute Gasteiger partial charge is 0.387 e. The second kappa shape index (κ2) is 6.57. The molecule has 1 rings (SSSR count). The molecule has 0 aliphatic carbocycles. The average Bonchev–Trinajstić information content (AvgIpc) is 2.31. The first-order valence-corrected chi connectivity index (χ1v) is 5.99. The third kappa shape index (κ3) is 3.68. The van der Waals surface area contributed by atoms with Crippen molar-refractivity contribution >= 4 is 5.69 Å². The van der Waals surface area contributed by atoms with E-state index in [-0.39, 0.29) is 0 Å². The van der Waals surface area contributed by atoms with Crippen LogP contribution < -0.4 is 4.90 Å². The van der Waals surface area contributed by atoms with Crippen LogP contribution in [0.3, 0.4) is 0 Å². The molecule has 2 atom stereocenters. The van der Waals surface area contributed by atoms with Crippen LogP contribution in [0.25, 0.3) is 0 Å². The quantitative estimate of drug-likeness (QED) is 0.823. The fraction of sp³-hybridized carbons (Fsp3) is 0.615. The van der Waals surface area contributed by atoms with Crippen molar-refractivity contribution in [1.82, 2.24) is 4.98 Å². The molecular weight excluding hydrogens is 216 g/mol. The fourth-order valence-corrected chi connectivity index (χ4v) is 1.89. The molecule has 0 aliphatic heterocycles. The molecule has 1 N–H and O–H groups in total. The maximum atomic E-state index is 9.41. The van der Waals surface area contributed by atoms with Gasteiger partial charge in [0.05, 0.1) is 30.3 Å². The minimum Gasteiger partial charge on any atom is -0.387 e. The van der Waals surface area contributed by atoms with Crippen molar-refractivity contribution in [1.29, 1.82) is 0 Å². The highest BCUT2D eigenvalue weighted by molar-refractivity contribution is 5.45. The van der Waals surface area contributed by atoms with Gasteiger partial charge in [0.2, 0.25) is 0 Å². The van der Waals surface area contributed by atoms with Crippen LogP contribution in [0.15, 0.2) is 18.3 Å². The van der Waals surface area contributed by atoms with Crippen molar-refractivity contribution in [2.75, 3.05) is 25.2 Å². The second-order valence-electron chi connectivity index (χ2n) is 4.21. The third-order valence-corrected chi connectivity index (χ3v) is 2.81. The summed E-state index contributed by atoms with van der Waals surface area (Å²) >= 11 is 0. The second-order valence-corrected chi connectivity index (χ2v) is 4.21. The Kier molecular flexibility index (Phi) is 5.38. The number of nitrogens with zero attached hydrogens (tertiary/aromatic N) is 2. The Morgan fingerprint density at radius 3 is 2.53 bits per heavy atom.